The van der Waals surface area contributed by atoms with Crippen molar-refractivity contribution in [2.75, 3.05) is 26.3 Å². The molecular weight excluding hydrogens is 208 g/mol. The second-order valence-corrected chi connectivity index (χ2v) is 3.52. The Balaban J connectivity index is 1.79. The van der Waals surface area contributed by atoms with Crippen molar-refractivity contribution in [3.8, 4) is 0 Å². The van der Waals surface area contributed by atoms with E-state index in [9.17, 15) is 4.79 Å². The monoisotopic (exact) mass is 222 g/mol. The van der Waals surface area contributed by atoms with Gasteiger partial charge in [-0.15, -0.1) is 0 Å². The zero-order valence-corrected chi connectivity index (χ0v) is 8.96. The Morgan fingerprint density at radius 1 is 1.50 bits per heavy atom. The van der Waals surface area contributed by atoms with Crippen molar-refractivity contribution in [2.24, 2.45) is 0 Å². The summed E-state index contributed by atoms with van der Waals surface area (Å²) in [6.45, 7) is 2.64. The average Bonchev–Trinajstić information content (AvgIpc) is 2.38. The van der Waals surface area contributed by atoms with Crippen molar-refractivity contribution in [2.45, 2.75) is 6.61 Å². The third kappa shape index (κ3) is 2.93. The van der Waals surface area contributed by atoms with Crippen LogP contribution in [-0.2, 0) is 16.1 Å². The summed E-state index contributed by atoms with van der Waals surface area (Å²) in [5.41, 5.74) is 0.893. The molecule has 0 bridgehead atoms. The Kier molecular flexibility index (Phi) is 3.71. The number of aromatic nitrogens is 1. The normalized spacial score (nSPS) is 15.9. The van der Waals surface area contributed by atoms with Crippen LogP contribution in [0, 0.1) is 0 Å². The smallest absolute Gasteiger partial charge is 0.410 e. The Bertz CT molecular complexity index is 336. The van der Waals surface area contributed by atoms with Gasteiger partial charge in [0.25, 0.3) is 0 Å². The van der Waals surface area contributed by atoms with E-state index in [4.69, 9.17) is 9.47 Å². The third-order valence-corrected chi connectivity index (χ3v) is 2.35. The molecule has 2 heterocycles. The highest BCUT2D eigenvalue weighted by Gasteiger charge is 2.17. The average molecular weight is 222 g/mol. The molecule has 86 valence electrons. The molecule has 0 spiro atoms. The highest BCUT2D eigenvalue weighted by Crippen LogP contribution is 2.03. The van der Waals surface area contributed by atoms with Gasteiger partial charge in [0.05, 0.1) is 13.2 Å². The van der Waals surface area contributed by atoms with Gasteiger partial charge in [0, 0.05) is 31.0 Å². The summed E-state index contributed by atoms with van der Waals surface area (Å²) in [5, 5.41) is 0. The first kappa shape index (κ1) is 10.9. The highest BCUT2D eigenvalue weighted by molar-refractivity contribution is 5.67. The van der Waals surface area contributed by atoms with E-state index >= 15 is 0 Å². The van der Waals surface area contributed by atoms with Crippen LogP contribution in [0.15, 0.2) is 24.5 Å². The Morgan fingerprint density at radius 2 is 2.31 bits per heavy atom. The van der Waals surface area contributed by atoms with Crippen molar-refractivity contribution in [3.63, 3.8) is 0 Å². The zero-order valence-electron chi connectivity index (χ0n) is 8.96. The molecule has 0 saturated carbocycles. The van der Waals surface area contributed by atoms with Crippen LogP contribution in [0.2, 0.25) is 0 Å². The second kappa shape index (κ2) is 5.46. The standard InChI is InChI=1S/C11H14N2O3/c14-11(13-4-6-15-7-5-13)16-9-10-2-1-3-12-8-10/h1-3,8H,4-7,9H2. The lowest BCUT2D eigenvalue weighted by atomic mass is 10.3. The van der Waals surface area contributed by atoms with Crippen molar-refractivity contribution < 1.29 is 14.3 Å². The van der Waals surface area contributed by atoms with Crippen LogP contribution < -0.4 is 0 Å². The van der Waals surface area contributed by atoms with E-state index in [0.717, 1.165) is 5.56 Å². The summed E-state index contributed by atoms with van der Waals surface area (Å²) in [6.07, 6.45) is 3.09. The van der Waals surface area contributed by atoms with Crippen LogP contribution in [0.5, 0.6) is 0 Å². The predicted molar refractivity (Wildman–Crippen MR) is 56.8 cm³/mol. The minimum absolute atomic E-state index is 0.268. The van der Waals surface area contributed by atoms with Gasteiger partial charge in [0.1, 0.15) is 6.61 Å². The first-order chi connectivity index (χ1) is 7.86. The van der Waals surface area contributed by atoms with Crippen molar-refractivity contribution in [1.29, 1.82) is 0 Å². The molecule has 5 heteroatoms. The molecule has 0 aromatic carbocycles. The largest absolute Gasteiger partial charge is 0.444 e. The van der Waals surface area contributed by atoms with Gasteiger partial charge in [0.2, 0.25) is 0 Å². The number of carbonyl (C=O) groups excluding carboxylic acids is 1. The summed E-state index contributed by atoms with van der Waals surface area (Å²) in [5.74, 6) is 0. The Labute approximate surface area is 94.0 Å². The molecule has 1 aliphatic heterocycles. The lowest BCUT2D eigenvalue weighted by Crippen LogP contribution is -2.40. The highest BCUT2D eigenvalue weighted by atomic mass is 16.6. The number of hydrogen-bond donors (Lipinski definition) is 0. The van der Waals surface area contributed by atoms with Gasteiger partial charge >= 0.3 is 6.09 Å². The molecule has 1 fully saturated rings. The van der Waals surface area contributed by atoms with Gasteiger partial charge < -0.3 is 14.4 Å². The van der Waals surface area contributed by atoms with E-state index in [-0.39, 0.29) is 12.7 Å². The lowest BCUT2D eigenvalue weighted by Gasteiger charge is -2.25. The van der Waals surface area contributed by atoms with Crippen molar-refractivity contribution in [3.05, 3.63) is 30.1 Å². The van der Waals surface area contributed by atoms with Crippen molar-refractivity contribution >= 4 is 6.09 Å². The minimum atomic E-state index is -0.285. The number of pyridine rings is 1. The maximum Gasteiger partial charge on any atom is 0.410 e. The number of carbonyl (C=O) groups is 1. The summed E-state index contributed by atoms with van der Waals surface area (Å²) >= 11 is 0. The molecular formula is C11H14N2O3. The van der Waals surface area contributed by atoms with Gasteiger partial charge in [-0.05, 0) is 6.07 Å². The first-order valence-corrected chi connectivity index (χ1v) is 5.24. The molecule has 5 nitrogen and oxygen atoms in total. The summed E-state index contributed by atoms with van der Waals surface area (Å²) < 4.78 is 10.3. The number of amides is 1. The molecule has 0 radical (unpaired) electrons. The molecule has 0 unspecified atom stereocenters. The number of hydrogen-bond acceptors (Lipinski definition) is 4. The van der Waals surface area contributed by atoms with Crippen LogP contribution in [0.25, 0.3) is 0 Å². The lowest BCUT2D eigenvalue weighted by molar-refractivity contribution is 0.0249. The zero-order chi connectivity index (χ0) is 11.2. The van der Waals surface area contributed by atoms with Crippen molar-refractivity contribution in [1.82, 2.24) is 9.88 Å². The van der Waals surface area contributed by atoms with Gasteiger partial charge in [-0.25, -0.2) is 4.79 Å². The molecule has 1 saturated heterocycles. The number of rotatable bonds is 2. The Morgan fingerprint density at radius 3 is 3.00 bits per heavy atom. The number of morpholine rings is 1. The summed E-state index contributed by atoms with van der Waals surface area (Å²) in [7, 11) is 0. The molecule has 0 aliphatic carbocycles. The SMILES string of the molecule is O=C(OCc1cccnc1)N1CCOCC1. The predicted octanol–water partition coefficient (Wildman–Crippen LogP) is 1.05. The van der Waals surface area contributed by atoms with E-state index in [1.165, 1.54) is 0 Å². The van der Waals surface area contributed by atoms with Crippen LogP contribution in [0.4, 0.5) is 4.79 Å². The van der Waals surface area contributed by atoms with Gasteiger partial charge in [0.15, 0.2) is 0 Å². The summed E-state index contributed by atoms with van der Waals surface area (Å²) in [4.78, 5) is 17.2. The summed E-state index contributed by atoms with van der Waals surface area (Å²) in [6, 6.07) is 3.69. The number of ether oxygens (including phenoxy) is 2. The fourth-order valence-electron chi connectivity index (χ4n) is 1.47. The third-order valence-electron chi connectivity index (χ3n) is 2.35. The maximum atomic E-state index is 11.6. The molecule has 2 rings (SSSR count). The quantitative estimate of drug-likeness (QED) is 0.750. The van der Waals surface area contributed by atoms with Crippen LogP contribution >= 0.6 is 0 Å². The fourth-order valence-corrected chi connectivity index (χ4v) is 1.47. The molecule has 1 amide bonds. The number of nitrogens with zero attached hydrogens (tertiary/aromatic N) is 2. The topological polar surface area (TPSA) is 51.7 Å². The molecule has 1 aromatic rings. The minimum Gasteiger partial charge on any atom is -0.444 e. The van der Waals surface area contributed by atoms with Gasteiger partial charge in [-0.2, -0.15) is 0 Å². The molecule has 1 aromatic heterocycles. The van der Waals surface area contributed by atoms with Crippen LogP contribution in [-0.4, -0.2) is 42.3 Å². The van der Waals surface area contributed by atoms with Gasteiger partial charge in [-0.1, -0.05) is 6.07 Å². The Hall–Kier alpha value is -1.62. The van der Waals surface area contributed by atoms with E-state index in [1.807, 2.05) is 12.1 Å². The van der Waals surface area contributed by atoms with Crippen LogP contribution in [0.3, 0.4) is 0 Å². The molecule has 16 heavy (non-hydrogen) atoms. The molecule has 0 N–H and O–H groups in total. The van der Waals surface area contributed by atoms with E-state index < -0.39 is 0 Å². The second-order valence-electron chi connectivity index (χ2n) is 3.52. The fraction of sp³-hybridized carbons (Fsp3) is 0.455. The molecule has 0 atom stereocenters. The first-order valence-electron chi connectivity index (χ1n) is 5.24. The van der Waals surface area contributed by atoms with Crippen LogP contribution in [0.1, 0.15) is 5.56 Å². The molecule has 1 aliphatic rings. The van der Waals surface area contributed by atoms with Gasteiger partial charge in [-0.3, -0.25) is 4.98 Å². The van der Waals surface area contributed by atoms with E-state index in [1.54, 1.807) is 17.3 Å². The maximum absolute atomic E-state index is 11.6. The van der Waals surface area contributed by atoms with E-state index in [2.05, 4.69) is 4.98 Å². The van der Waals surface area contributed by atoms with E-state index in [0.29, 0.717) is 26.3 Å².